The number of carbonyl (C=O) groups is 1. The summed E-state index contributed by atoms with van der Waals surface area (Å²) in [4.78, 5) is 22.3. The van der Waals surface area contributed by atoms with Gasteiger partial charge in [0.2, 0.25) is 0 Å². The number of benzene rings is 1. The first-order valence-corrected chi connectivity index (χ1v) is 8.98. The minimum Gasteiger partial charge on any atom is -0.346 e. The SMILES string of the molecule is Cc1ccc(C(=O)N2CCC(c3c[nH]c4ncccc34)CC2)cc1Cl. The molecule has 1 aliphatic heterocycles. The van der Waals surface area contributed by atoms with E-state index in [1.54, 1.807) is 12.3 Å². The standard InChI is InChI=1S/C20H20ClN3O/c1-13-4-5-15(11-18(13)21)20(25)24-9-6-14(7-10-24)17-12-23-19-16(17)3-2-8-22-19/h2-5,8,11-12,14H,6-7,9-10H2,1H3,(H,22,23). The Hall–Kier alpha value is -2.33. The van der Waals surface area contributed by atoms with Gasteiger partial charge in [0.25, 0.3) is 5.91 Å². The highest BCUT2D eigenvalue weighted by atomic mass is 35.5. The van der Waals surface area contributed by atoms with Crippen molar-refractivity contribution in [3.63, 3.8) is 0 Å². The lowest BCUT2D eigenvalue weighted by Crippen LogP contribution is -2.37. The normalized spacial score (nSPS) is 15.7. The maximum atomic E-state index is 12.7. The number of aryl methyl sites for hydroxylation is 1. The summed E-state index contributed by atoms with van der Waals surface area (Å²) in [7, 11) is 0. The van der Waals surface area contributed by atoms with E-state index in [-0.39, 0.29) is 5.91 Å². The number of amides is 1. The zero-order chi connectivity index (χ0) is 17.4. The zero-order valence-electron chi connectivity index (χ0n) is 14.1. The first-order chi connectivity index (χ1) is 12.1. The Morgan fingerprint density at radius 1 is 1.28 bits per heavy atom. The molecule has 1 saturated heterocycles. The molecule has 4 rings (SSSR count). The molecule has 25 heavy (non-hydrogen) atoms. The van der Waals surface area contributed by atoms with Crippen molar-refractivity contribution < 1.29 is 4.79 Å². The highest BCUT2D eigenvalue weighted by Gasteiger charge is 2.26. The predicted molar refractivity (Wildman–Crippen MR) is 100 cm³/mol. The fourth-order valence-electron chi connectivity index (χ4n) is 3.62. The molecule has 0 spiro atoms. The van der Waals surface area contributed by atoms with Crippen LogP contribution in [0.1, 0.15) is 40.2 Å². The molecule has 0 unspecified atom stereocenters. The van der Waals surface area contributed by atoms with E-state index >= 15 is 0 Å². The first kappa shape index (κ1) is 16.2. The van der Waals surface area contributed by atoms with Gasteiger partial charge in [-0.2, -0.15) is 0 Å². The number of pyridine rings is 1. The number of carbonyl (C=O) groups excluding carboxylic acids is 1. The third kappa shape index (κ3) is 3.02. The van der Waals surface area contributed by atoms with Gasteiger partial charge in [-0.05, 0) is 61.1 Å². The molecule has 1 N–H and O–H groups in total. The average molecular weight is 354 g/mol. The number of nitrogens with zero attached hydrogens (tertiary/aromatic N) is 2. The summed E-state index contributed by atoms with van der Waals surface area (Å²) in [5, 5.41) is 1.84. The van der Waals surface area contributed by atoms with Gasteiger partial charge >= 0.3 is 0 Å². The lowest BCUT2D eigenvalue weighted by atomic mass is 9.89. The Morgan fingerprint density at radius 3 is 2.84 bits per heavy atom. The Balaban J connectivity index is 1.47. The second-order valence-electron chi connectivity index (χ2n) is 6.67. The van der Waals surface area contributed by atoms with Crippen molar-refractivity contribution >= 4 is 28.5 Å². The van der Waals surface area contributed by atoms with Crippen molar-refractivity contribution in [1.29, 1.82) is 0 Å². The number of nitrogens with one attached hydrogen (secondary N) is 1. The molecule has 0 radical (unpaired) electrons. The van der Waals surface area contributed by atoms with Gasteiger partial charge in [-0.25, -0.2) is 4.98 Å². The van der Waals surface area contributed by atoms with Crippen molar-refractivity contribution in [3.05, 3.63) is 64.4 Å². The molecule has 3 aromatic rings. The first-order valence-electron chi connectivity index (χ1n) is 8.61. The van der Waals surface area contributed by atoms with Gasteiger partial charge in [-0.15, -0.1) is 0 Å². The lowest BCUT2D eigenvalue weighted by molar-refractivity contribution is 0.0713. The summed E-state index contributed by atoms with van der Waals surface area (Å²) in [6.45, 7) is 3.47. The highest BCUT2D eigenvalue weighted by Crippen LogP contribution is 2.33. The quantitative estimate of drug-likeness (QED) is 0.735. The van der Waals surface area contributed by atoms with Gasteiger partial charge in [-0.3, -0.25) is 4.79 Å². The maximum absolute atomic E-state index is 12.7. The molecule has 0 atom stereocenters. The molecule has 0 aliphatic carbocycles. The van der Waals surface area contributed by atoms with Crippen molar-refractivity contribution in [2.75, 3.05) is 13.1 Å². The van der Waals surface area contributed by atoms with Crippen LogP contribution in [0.3, 0.4) is 0 Å². The third-order valence-electron chi connectivity index (χ3n) is 5.12. The topological polar surface area (TPSA) is 49.0 Å². The Labute approximate surface area is 151 Å². The predicted octanol–water partition coefficient (Wildman–Crippen LogP) is 4.54. The number of fused-ring (bicyclic) bond motifs is 1. The number of aromatic amines is 1. The average Bonchev–Trinajstić information content (AvgIpc) is 3.08. The molecule has 0 saturated carbocycles. The number of aromatic nitrogens is 2. The van der Waals surface area contributed by atoms with Crippen molar-refractivity contribution in [2.24, 2.45) is 0 Å². The van der Waals surface area contributed by atoms with E-state index in [0.29, 0.717) is 16.5 Å². The van der Waals surface area contributed by atoms with Crippen LogP contribution in [0.2, 0.25) is 5.02 Å². The summed E-state index contributed by atoms with van der Waals surface area (Å²) in [5.41, 5.74) is 3.91. The van der Waals surface area contributed by atoms with Crippen LogP contribution in [0, 0.1) is 6.92 Å². The van der Waals surface area contributed by atoms with E-state index in [0.717, 1.165) is 37.1 Å². The van der Waals surface area contributed by atoms with Gasteiger partial charge < -0.3 is 9.88 Å². The number of H-pyrrole nitrogens is 1. The van der Waals surface area contributed by atoms with Crippen LogP contribution in [0.25, 0.3) is 11.0 Å². The number of halogens is 1. The van der Waals surface area contributed by atoms with E-state index in [4.69, 9.17) is 11.6 Å². The fraction of sp³-hybridized carbons (Fsp3) is 0.300. The smallest absolute Gasteiger partial charge is 0.253 e. The molecule has 2 aromatic heterocycles. The van der Waals surface area contributed by atoms with Gasteiger partial charge in [-0.1, -0.05) is 17.7 Å². The lowest BCUT2D eigenvalue weighted by Gasteiger charge is -2.32. The molecule has 0 bridgehead atoms. The molecule has 1 fully saturated rings. The summed E-state index contributed by atoms with van der Waals surface area (Å²) in [6.07, 6.45) is 5.80. The molecule has 3 heterocycles. The second kappa shape index (κ2) is 6.52. The molecule has 128 valence electrons. The Bertz CT molecular complexity index is 926. The van der Waals surface area contributed by atoms with Gasteiger partial charge in [0.15, 0.2) is 0 Å². The van der Waals surface area contributed by atoms with E-state index in [2.05, 4.69) is 22.2 Å². The van der Waals surface area contributed by atoms with E-state index < -0.39 is 0 Å². The molecule has 1 aromatic carbocycles. The van der Waals surface area contributed by atoms with Crippen molar-refractivity contribution in [2.45, 2.75) is 25.7 Å². The Kier molecular flexibility index (Phi) is 4.22. The van der Waals surface area contributed by atoms with Crippen LogP contribution < -0.4 is 0 Å². The minimum atomic E-state index is 0.0703. The van der Waals surface area contributed by atoms with Crippen molar-refractivity contribution in [3.8, 4) is 0 Å². The third-order valence-corrected chi connectivity index (χ3v) is 5.53. The van der Waals surface area contributed by atoms with Crippen molar-refractivity contribution in [1.82, 2.24) is 14.9 Å². The largest absolute Gasteiger partial charge is 0.346 e. The Morgan fingerprint density at radius 2 is 2.08 bits per heavy atom. The summed E-state index contributed by atoms with van der Waals surface area (Å²) >= 11 is 6.16. The highest BCUT2D eigenvalue weighted by molar-refractivity contribution is 6.31. The van der Waals surface area contributed by atoms with Crippen LogP contribution >= 0.6 is 11.6 Å². The maximum Gasteiger partial charge on any atom is 0.253 e. The summed E-state index contributed by atoms with van der Waals surface area (Å²) in [6, 6.07) is 9.62. The molecule has 1 amide bonds. The van der Waals surface area contributed by atoms with Gasteiger partial charge in [0, 0.05) is 41.5 Å². The molecule has 4 nitrogen and oxygen atoms in total. The molecular weight excluding hydrogens is 334 g/mol. The number of rotatable bonds is 2. The molecule has 1 aliphatic rings. The number of hydrogen-bond donors (Lipinski definition) is 1. The molecular formula is C20H20ClN3O. The van der Waals surface area contributed by atoms with Crippen LogP contribution in [0.5, 0.6) is 0 Å². The monoisotopic (exact) mass is 353 g/mol. The molecule has 5 heteroatoms. The van der Waals surface area contributed by atoms with E-state index in [9.17, 15) is 4.79 Å². The van der Waals surface area contributed by atoms with Crippen LogP contribution in [0.15, 0.2) is 42.7 Å². The van der Waals surface area contributed by atoms with E-state index in [1.807, 2.05) is 30.0 Å². The van der Waals surface area contributed by atoms with Gasteiger partial charge in [0.05, 0.1) is 0 Å². The minimum absolute atomic E-state index is 0.0703. The van der Waals surface area contributed by atoms with Crippen LogP contribution in [-0.2, 0) is 0 Å². The summed E-state index contributed by atoms with van der Waals surface area (Å²) < 4.78 is 0. The van der Waals surface area contributed by atoms with Crippen LogP contribution in [-0.4, -0.2) is 33.9 Å². The fourth-order valence-corrected chi connectivity index (χ4v) is 3.80. The number of hydrogen-bond acceptors (Lipinski definition) is 2. The number of piperidine rings is 1. The number of likely N-dealkylation sites (tertiary alicyclic amines) is 1. The second-order valence-corrected chi connectivity index (χ2v) is 7.08. The summed E-state index contributed by atoms with van der Waals surface area (Å²) in [5.74, 6) is 0.532. The van der Waals surface area contributed by atoms with E-state index in [1.165, 1.54) is 10.9 Å². The van der Waals surface area contributed by atoms with Crippen LogP contribution in [0.4, 0.5) is 0 Å². The zero-order valence-corrected chi connectivity index (χ0v) is 14.9. The van der Waals surface area contributed by atoms with Gasteiger partial charge in [0.1, 0.15) is 5.65 Å².